The predicted octanol–water partition coefficient (Wildman–Crippen LogP) is -0.628. The van der Waals surface area contributed by atoms with Gasteiger partial charge >= 0.3 is 17.9 Å². The molecule has 0 spiro atoms. The van der Waals surface area contributed by atoms with E-state index in [9.17, 15) is 14.4 Å². The number of ether oxygens (including phenoxy) is 3. The van der Waals surface area contributed by atoms with E-state index in [0.29, 0.717) is 0 Å². The average molecular weight is 247 g/mol. The Labute approximate surface area is 99.2 Å². The van der Waals surface area contributed by atoms with Gasteiger partial charge in [0.1, 0.15) is 19.3 Å². The van der Waals surface area contributed by atoms with Crippen LogP contribution < -0.4 is 5.73 Å². The van der Waals surface area contributed by atoms with Gasteiger partial charge in [-0.05, 0) is 6.92 Å². The molecule has 0 rings (SSSR count). The van der Waals surface area contributed by atoms with Crippen LogP contribution in [0.3, 0.4) is 0 Å². The molecule has 0 radical (unpaired) electrons. The second-order valence-corrected chi connectivity index (χ2v) is 3.45. The van der Waals surface area contributed by atoms with Crippen molar-refractivity contribution in [3.63, 3.8) is 0 Å². The molecule has 1 atom stereocenters. The Bertz CT molecular complexity index is 271. The van der Waals surface area contributed by atoms with E-state index < -0.39 is 30.1 Å². The van der Waals surface area contributed by atoms with Crippen molar-refractivity contribution < 1.29 is 28.6 Å². The molecule has 7 heteroatoms. The van der Waals surface area contributed by atoms with Crippen LogP contribution in [0.2, 0.25) is 0 Å². The molecule has 0 aliphatic heterocycles. The van der Waals surface area contributed by atoms with Gasteiger partial charge in [-0.3, -0.25) is 14.4 Å². The second kappa shape index (κ2) is 7.61. The molecule has 0 aromatic heterocycles. The van der Waals surface area contributed by atoms with Crippen molar-refractivity contribution in [1.82, 2.24) is 0 Å². The zero-order chi connectivity index (χ0) is 13.4. The molecule has 2 N–H and O–H groups in total. The van der Waals surface area contributed by atoms with Crippen molar-refractivity contribution in [3.05, 3.63) is 0 Å². The lowest BCUT2D eigenvalue weighted by atomic mass is 10.3. The fraction of sp³-hybridized carbons (Fsp3) is 0.700. The minimum absolute atomic E-state index is 0.179. The summed E-state index contributed by atoms with van der Waals surface area (Å²) in [6.07, 6.45) is -0.846. The highest BCUT2D eigenvalue weighted by Gasteiger charge is 2.19. The van der Waals surface area contributed by atoms with E-state index in [-0.39, 0.29) is 13.2 Å². The molecule has 0 amide bonds. The molecule has 17 heavy (non-hydrogen) atoms. The summed E-state index contributed by atoms with van der Waals surface area (Å²) in [5.74, 6) is -1.70. The van der Waals surface area contributed by atoms with Crippen molar-refractivity contribution in [1.29, 1.82) is 0 Å². The van der Waals surface area contributed by atoms with Crippen molar-refractivity contribution in [3.8, 4) is 0 Å². The van der Waals surface area contributed by atoms with Crippen LogP contribution in [-0.2, 0) is 28.6 Å². The standard InChI is InChI=1S/C10H17NO6/c1-6(11)10(14)17-9(4-15-7(2)12)5-16-8(3)13/h6,9H,4-5,11H2,1-3H3/t6-/m0/s1. The number of rotatable bonds is 6. The fourth-order valence-electron chi connectivity index (χ4n) is 0.808. The summed E-state index contributed by atoms with van der Waals surface area (Å²) in [7, 11) is 0. The summed E-state index contributed by atoms with van der Waals surface area (Å²) in [6.45, 7) is 3.53. The highest BCUT2D eigenvalue weighted by Crippen LogP contribution is 1.99. The third-order valence-corrected chi connectivity index (χ3v) is 1.60. The summed E-state index contributed by atoms with van der Waals surface area (Å²) in [5, 5.41) is 0. The monoisotopic (exact) mass is 247 g/mol. The van der Waals surface area contributed by atoms with Crippen LogP contribution in [0.4, 0.5) is 0 Å². The first-order chi connectivity index (χ1) is 7.82. The number of esters is 3. The van der Waals surface area contributed by atoms with Crippen LogP contribution in [0.1, 0.15) is 20.8 Å². The van der Waals surface area contributed by atoms with Crippen molar-refractivity contribution >= 4 is 17.9 Å². The molecule has 0 aliphatic carbocycles. The van der Waals surface area contributed by atoms with Crippen molar-refractivity contribution in [2.45, 2.75) is 32.9 Å². The lowest BCUT2D eigenvalue weighted by molar-refractivity contribution is -0.166. The number of hydrogen-bond acceptors (Lipinski definition) is 7. The van der Waals surface area contributed by atoms with Crippen LogP contribution in [0.25, 0.3) is 0 Å². The van der Waals surface area contributed by atoms with Gasteiger partial charge in [-0.1, -0.05) is 0 Å². The van der Waals surface area contributed by atoms with Gasteiger partial charge in [-0.25, -0.2) is 0 Å². The maximum atomic E-state index is 11.2. The Morgan fingerprint density at radius 2 is 1.47 bits per heavy atom. The normalized spacial score (nSPS) is 11.8. The van der Waals surface area contributed by atoms with Crippen LogP contribution >= 0.6 is 0 Å². The van der Waals surface area contributed by atoms with Gasteiger partial charge in [-0.15, -0.1) is 0 Å². The van der Waals surface area contributed by atoms with E-state index in [2.05, 4.69) is 9.47 Å². The Hall–Kier alpha value is -1.63. The molecule has 98 valence electrons. The van der Waals surface area contributed by atoms with E-state index in [1.54, 1.807) is 0 Å². The van der Waals surface area contributed by atoms with Gasteiger partial charge in [0, 0.05) is 13.8 Å². The van der Waals surface area contributed by atoms with E-state index >= 15 is 0 Å². The number of nitrogens with two attached hydrogens (primary N) is 1. The molecule has 0 fully saturated rings. The van der Waals surface area contributed by atoms with Gasteiger partial charge in [-0.2, -0.15) is 0 Å². The number of carbonyl (C=O) groups is 3. The Kier molecular flexibility index (Phi) is 6.88. The van der Waals surface area contributed by atoms with Crippen LogP contribution in [0, 0.1) is 0 Å². The average Bonchev–Trinajstić information content (AvgIpc) is 2.21. The molecular weight excluding hydrogens is 230 g/mol. The maximum absolute atomic E-state index is 11.2. The number of hydrogen-bond donors (Lipinski definition) is 1. The minimum atomic E-state index is -0.846. The first-order valence-corrected chi connectivity index (χ1v) is 5.05. The molecule has 7 nitrogen and oxygen atoms in total. The van der Waals surface area contributed by atoms with Crippen molar-refractivity contribution in [2.75, 3.05) is 13.2 Å². The third kappa shape index (κ3) is 8.21. The smallest absolute Gasteiger partial charge is 0.323 e. The first kappa shape index (κ1) is 15.4. The van der Waals surface area contributed by atoms with Crippen LogP contribution in [-0.4, -0.2) is 43.3 Å². The molecule has 0 aliphatic rings. The van der Waals surface area contributed by atoms with Crippen LogP contribution in [0.5, 0.6) is 0 Å². The van der Waals surface area contributed by atoms with E-state index in [4.69, 9.17) is 10.5 Å². The van der Waals surface area contributed by atoms with Crippen molar-refractivity contribution in [2.24, 2.45) is 5.73 Å². The summed E-state index contributed by atoms with van der Waals surface area (Å²) in [6, 6.07) is -0.799. The Balaban J connectivity index is 4.23. The second-order valence-electron chi connectivity index (χ2n) is 3.45. The summed E-state index contributed by atoms with van der Waals surface area (Å²) < 4.78 is 14.2. The molecule has 0 aromatic rings. The zero-order valence-electron chi connectivity index (χ0n) is 10.1. The summed E-state index contributed by atoms with van der Waals surface area (Å²) >= 11 is 0. The highest BCUT2D eigenvalue weighted by atomic mass is 16.6. The SMILES string of the molecule is CC(=O)OCC(COC(C)=O)OC(=O)[C@H](C)N. The molecule has 0 unspecified atom stereocenters. The maximum Gasteiger partial charge on any atom is 0.323 e. The first-order valence-electron chi connectivity index (χ1n) is 5.05. The van der Waals surface area contributed by atoms with E-state index in [0.717, 1.165) is 0 Å². The van der Waals surface area contributed by atoms with Gasteiger partial charge in [0.2, 0.25) is 0 Å². The zero-order valence-corrected chi connectivity index (χ0v) is 10.1. The number of carbonyl (C=O) groups excluding carboxylic acids is 3. The molecule has 0 heterocycles. The molecule has 0 aromatic carbocycles. The Morgan fingerprint density at radius 3 is 1.76 bits per heavy atom. The van der Waals surface area contributed by atoms with Gasteiger partial charge in [0.15, 0.2) is 6.10 Å². The van der Waals surface area contributed by atoms with E-state index in [1.165, 1.54) is 20.8 Å². The fourth-order valence-corrected chi connectivity index (χ4v) is 0.808. The third-order valence-electron chi connectivity index (χ3n) is 1.60. The molecular formula is C10H17NO6. The highest BCUT2D eigenvalue weighted by molar-refractivity contribution is 5.75. The van der Waals surface area contributed by atoms with Gasteiger partial charge in [0.25, 0.3) is 0 Å². The Morgan fingerprint density at radius 1 is 1.06 bits per heavy atom. The molecule has 0 bridgehead atoms. The lowest BCUT2D eigenvalue weighted by Gasteiger charge is -2.18. The van der Waals surface area contributed by atoms with Gasteiger partial charge < -0.3 is 19.9 Å². The predicted molar refractivity (Wildman–Crippen MR) is 56.8 cm³/mol. The van der Waals surface area contributed by atoms with Crippen LogP contribution in [0.15, 0.2) is 0 Å². The largest absolute Gasteiger partial charge is 0.462 e. The minimum Gasteiger partial charge on any atom is -0.462 e. The summed E-state index contributed by atoms with van der Waals surface area (Å²) in [4.78, 5) is 32.4. The molecule has 0 saturated heterocycles. The lowest BCUT2D eigenvalue weighted by Crippen LogP contribution is -2.36. The van der Waals surface area contributed by atoms with Gasteiger partial charge in [0.05, 0.1) is 0 Å². The van der Waals surface area contributed by atoms with E-state index in [1.807, 2.05) is 0 Å². The summed E-state index contributed by atoms with van der Waals surface area (Å²) in [5.41, 5.74) is 5.31. The topological polar surface area (TPSA) is 105 Å². The molecule has 0 saturated carbocycles. The quantitative estimate of drug-likeness (QED) is 0.492.